The van der Waals surface area contributed by atoms with Gasteiger partial charge in [0.1, 0.15) is 5.75 Å². The van der Waals surface area contributed by atoms with Crippen LogP contribution in [0.2, 0.25) is 0 Å². The molecule has 0 aliphatic heterocycles. The fourth-order valence-electron chi connectivity index (χ4n) is 0.691. The smallest absolute Gasteiger partial charge is 0.270 e. The highest BCUT2D eigenvalue weighted by Gasteiger charge is 2.07. The van der Waals surface area contributed by atoms with Crippen molar-refractivity contribution in [3.05, 3.63) is 22.4 Å². The van der Waals surface area contributed by atoms with Gasteiger partial charge >= 0.3 is 0 Å². The molecule has 6 heteroatoms. The molecule has 4 nitrogen and oxygen atoms in total. The van der Waals surface area contributed by atoms with Crippen LogP contribution in [0.25, 0.3) is 0 Å². The zero-order valence-corrected chi connectivity index (χ0v) is 7.81. The Morgan fingerprint density at radius 2 is 2.18 bits per heavy atom. The van der Waals surface area contributed by atoms with Crippen molar-refractivity contribution in [2.75, 3.05) is 0 Å². The van der Waals surface area contributed by atoms with Gasteiger partial charge in [0.2, 0.25) is 0 Å². The number of halogens is 1. The molecule has 62 valence electrons. The Hall–Kier alpha value is -0.330. The molecule has 0 unspecified atom stereocenters. The number of aromatic amines is 1. The van der Waals surface area contributed by atoms with Crippen molar-refractivity contribution in [1.29, 1.82) is 0 Å². The molecule has 0 saturated heterocycles. The van der Waals surface area contributed by atoms with Crippen LogP contribution in [0.3, 0.4) is 0 Å². The van der Waals surface area contributed by atoms with Gasteiger partial charge in [-0.1, -0.05) is 0 Å². The summed E-state index contributed by atoms with van der Waals surface area (Å²) in [6, 6.07) is 3.25. The highest BCUT2D eigenvalue weighted by Crippen LogP contribution is 2.10. The summed E-state index contributed by atoms with van der Waals surface area (Å²) >= 11 is 3.11. The molecule has 0 spiro atoms. The van der Waals surface area contributed by atoms with E-state index in [1.165, 1.54) is 0 Å². The Morgan fingerprint density at radius 1 is 1.55 bits per heavy atom. The van der Waals surface area contributed by atoms with E-state index in [-0.39, 0.29) is 5.75 Å². The summed E-state index contributed by atoms with van der Waals surface area (Å²) in [5.74, 6) is -0.376. The average Bonchev–Trinajstić information content (AvgIpc) is 2.10. The zero-order chi connectivity index (χ0) is 8.48. The van der Waals surface area contributed by atoms with E-state index in [9.17, 15) is 8.42 Å². The van der Waals surface area contributed by atoms with Gasteiger partial charge in [0.25, 0.3) is 10.1 Å². The molecule has 0 amide bonds. The molecular formula is C5H6BrNO3S. The first-order chi connectivity index (χ1) is 4.97. The molecule has 1 rings (SSSR count). The Labute approximate surface area is 72.5 Å². The van der Waals surface area contributed by atoms with Gasteiger partial charge < -0.3 is 4.98 Å². The normalized spacial score (nSPS) is 11.8. The number of rotatable bonds is 2. The molecule has 1 aromatic rings. The van der Waals surface area contributed by atoms with Crippen LogP contribution in [0.15, 0.2) is 16.7 Å². The molecular weight excluding hydrogens is 234 g/mol. The molecule has 0 aliphatic rings. The van der Waals surface area contributed by atoms with E-state index in [2.05, 4.69) is 20.9 Å². The number of hydrogen-bond acceptors (Lipinski definition) is 2. The third-order valence-electron chi connectivity index (χ3n) is 1.05. The standard InChI is InChI=1S/C5H6BrNO3S/c6-5-2-1-4(7-5)3-11(8,9)10/h1-2,7H,3H2,(H,8,9,10). The van der Waals surface area contributed by atoms with Crippen LogP contribution < -0.4 is 0 Å². The van der Waals surface area contributed by atoms with Crippen molar-refractivity contribution in [3.63, 3.8) is 0 Å². The van der Waals surface area contributed by atoms with Crippen LogP contribution in [0, 0.1) is 0 Å². The topological polar surface area (TPSA) is 70.2 Å². The van der Waals surface area contributed by atoms with E-state index in [1.54, 1.807) is 12.1 Å². The summed E-state index contributed by atoms with van der Waals surface area (Å²) in [6.45, 7) is 0. The van der Waals surface area contributed by atoms with E-state index in [0.717, 1.165) is 0 Å². The van der Waals surface area contributed by atoms with E-state index in [4.69, 9.17) is 4.55 Å². The molecule has 0 aromatic carbocycles. The van der Waals surface area contributed by atoms with Crippen molar-refractivity contribution in [3.8, 4) is 0 Å². The van der Waals surface area contributed by atoms with Gasteiger partial charge in [-0.3, -0.25) is 4.55 Å². The lowest BCUT2D eigenvalue weighted by molar-refractivity contribution is 0.481. The lowest BCUT2D eigenvalue weighted by atomic mass is 10.5. The summed E-state index contributed by atoms with van der Waals surface area (Å²) in [4.78, 5) is 2.71. The summed E-state index contributed by atoms with van der Waals surface area (Å²) < 4.78 is 29.8. The zero-order valence-electron chi connectivity index (χ0n) is 5.41. The van der Waals surface area contributed by atoms with Crippen LogP contribution in [0.4, 0.5) is 0 Å². The summed E-state index contributed by atoms with van der Waals surface area (Å²) in [7, 11) is -3.92. The van der Waals surface area contributed by atoms with E-state index in [0.29, 0.717) is 10.3 Å². The lowest BCUT2D eigenvalue weighted by Crippen LogP contribution is -2.01. The van der Waals surface area contributed by atoms with Gasteiger partial charge in [-0.25, -0.2) is 0 Å². The van der Waals surface area contributed by atoms with Crippen molar-refractivity contribution in [2.45, 2.75) is 5.75 Å². The van der Waals surface area contributed by atoms with Crippen molar-refractivity contribution < 1.29 is 13.0 Å². The van der Waals surface area contributed by atoms with Crippen LogP contribution in [-0.4, -0.2) is 18.0 Å². The molecule has 0 fully saturated rings. The second-order valence-corrected chi connectivity index (χ2v) is 4.36. The van der Waals surface area contributed by atoms with E-state index < -0.39 is 10.1 Å². The average molecular weight is 240 g/mol. The predicted octanol–water partition coefficient (Wildman–Crippen LogP) is 1.17. The van der Waals surface area contributed by atoms with E-state index >= 15 is 0 Å². The maximum absolute atomic E-state index is 10.3. The van der Waals surface area contributed by atoms with Gasteiger partial charge in [0.05, 0.1) is 4.60 Å². The van der Waals surface area contributed by atoms with Crippen molar-refractivity contribution in [2.24, 2.45) is 0 Å². The minimum Gasteiger partial charge on any atom is -0.352 e. The first-order valence-electron chi connectivity index (χ1n) is 2.76. The third-order valence-corrected chi connectivity index (χ3v) is 2.19. The van der Waals surface area contributed by atoms with E-state index in [1.807, 2.05) is 0 Å². The molecule has 0 aliphatic carbocycles. The molecule has 0 saturated carbocycles. The monoisotopic (exact) mass is 239 g/mol. The summed E-state index contributed by atoms with van der Waals surface area (Å²) in [6.07, 6.45) is 0. The van der Waals surface area contributed by atoms with Crippen LogP contribution >= 0.6 is 15.9 Å². The third kappa shape index (κ3) is 3.04. The largest absolute Gasteiger partial charge is 0.352 e. The maximum Gasteiger partial charge on any atom is 0.270 e. The highest BCUT2D eigenvalue weighted by atomic mass is 79.9. The summed E-state index contributed by atoms with van der Waals surface area (Å²) in [5, 5.41) is 0. The molecule has 1 aromatic heterocycles. The second kappa shape index (κ2) is 2.96. The quantitative estimate of drug-likeness (QED) is 0.762. The van der Waals surface area contributed by atoms with Gasteiger partial charge in [-0.05, 0) is 28.1 Å². The molecule has 0 atom stereocenters. The van der Waals surface area contributed by atoms with Gasteiger partial charge in [-0.15, -0.1) is 0 Å². The molecule has 2 N–H and O–H groups in total. The van der Waals surface area contributed by atoms with Gasteiger partial charge in [-0.2, -0.15) is 8.42 Å². The minimum absolute atomic E-state index is 0.376. The first-order valence-corrected chi connectivity index (χ1v) is 5.16. The predicted molar refractivity (Wildman–Crippen MR) is 43.7 cm³/mol. The molecule has 1 heterocycles. The SMILES string of the molecule is O=S(=O)(O)Cc1ccc(Br)[nH]1. The maximum atomic E-state index is 10.3. The minimum atomic E-state index is -3.92. The Morgan fingerprint density at radius 3 is 2.55 bits per heavy atom. The molecule has 0 radical (unpaired) electrons. The van der Waals surface area contributed by atoms with Crippen molar-refractivity contribution in [1.82, 2.24) is 4.98 Å². The van der Waals surface area contributed by atoms with Crippen molar-refractivity contribution >= 4 is 26.0 Å². The Kier molecular flexibility index (Phi) is 2.36. The van der Waals surface area contributed by atoms with Gasteiger partial charge in [0, 0.05) is 5.69 Å². The highest BCUT2D eigenvalue weighted by molar-refractivity contribution is 9.10. The first kappa shape index (κ1) is 8.76. The fraction of sp³-hybridized carbons (Fsp3) is 0.200. The Balaban J connectivity index is 2.81. The van der Waals surface area contributed by atoms with Gasteiger partial charge in [0.15, 0.2) is 0 Å². The number of nitrogens with one attached hydrogen (secondary N) is 1. The second-order valence-electron chi connectivity index (χ2n) is 2.06. The summed E-state index contributed by atoms with van der Waals surface area (Å²) in [5.41, 5.74) is 0.458. The molecule has 0 bridgehead atoms. The number of hydrogen-bond donors (Lipinski definition) is 2. The Bertz CT molecular complexity index is 342. The fourth-order valence-corrected chi connectivity index (χ4v) is 1.64. The molecule has 11 heavy (non-hydrogen) atoms. The van der Waals surface area contributed by atoms with Crippen LogP contribution in [0.5, 0.6) is 0 Å². The number of aromatic nitrogens is 1. The lowest BCUT2D eigenvalue weighted by Gasteiger charge is -1.91. The van der Waals surface area contributed by atoms with Crippen LogP contribution in [-0.2, 0) is 15.9 Å². The number of H-pyrrole nitrogens is 1. The van der Waals surface area contributed by atoms with Crippen LogP contribution in [0.1, 0.15) is 5.69 Å².